The standard InChI is InChI=1S/C13H16F3NO4/c1-11(10(20)21,13(14,15)16)17-8(18)7-12(9(17)19)5-3-2-4-6-12/h2-7H2,1H3,(H,20,21). The summed E-state index contributed by atoms with van der Waals surface area (Å²) in [7, 11) is 0. The number of carbonyl (C=O) groups excluding carboxylic acids is 2. The van der Waals surface area contributed by atoms with Crippen LogP contribution in [0.25, 0.3) is 0 Å². The number of carboxylic acid groups (broad SMARTS) is 1. The molecule has 2 rings (SSSR count). The lowest BCUT2D eigenvalue weighted by Gasteiger charge is -2.37. The van der Waals surface area contributed by atoms with Gasteiger partial charge in [-0.1, -0.05) is 19.3 Å². The van der Waals surface area contributed by atoms with Crippen LogP contribution in [0.3, 0.4) is 0 Å². The van der Waals surface area contributed by atoms with Crippen LogP contribution in [0.5, 0.6) is 0 Å². The maximum atomic E-state index is 13.2. The highest BCUT2D eigenvalue weighted by atomic mass is 19.4. The van der Waals surface area contributed by atoms with E-state index in [0.29, 0.717) is 32.6 Å². The second-order valence-corrected chi connectivity index (χ2v) is 5.93. The second-order valence-electron chi connectivity index (χ2n) is 5.93. The molecule has 1 spiro atoms. The van der Waals surface area contributed by atoms with Gasteiger partial charge in [-0.15, -0.1) is 0 Å². The first-order valence-corrected chi connectivity index (χ1v) is 6.74. The molecule has 1 atom stereocenters. The molecule has 1 unspecified atom stereocenters. The molecule has 1 aliphatic carbocycles. The molecule has 2 aliphatic rings. The van der Waals surface area contributed by atoms with Gasteiger partial charge < -0.3 is 5.11 Å². The Kier molecular flexibility index (Phi) is 3.54. The summed E-state index contributed by atoms with van der Waals surface area (Å²) in [6, 6.07) is 0. The zero-order valence-electron chi connectivity index (χ0n) is 11.5. The largest absolute Gasteiger partial charge is 0.479 e. The lowest BCUT2D eigenvalue weighted by Crippen LogP contribution is -2.64. The number of amides is 2. The predicted octanol–water partition coefficient (Wildman–Crippen LogP) is 2.10. The van der Waals surface area contributed by atoms with Crippen molar-refractivity contribution in [2.75, 3.05) is 0 Å². The van der Waals surface area contributed by atoms with Crippen LogP contribution in [0.4, 0.5) is 13.2 Å². The molecule has 2 fully saturated rings. The fourth-order valence-electron chi connectivity index (χ4n) is 3.21. The SMILES string of the molecule is CC(C(=O)O)(N1C(=O)CC2(CCCCC2)C1=O)C(F)(F)F. The highest BCUT2D eigenvalue weighted by Crippen LogP contribution is 2.49. The first-order chi connectivity index (χ1) is 9.56. The zero-order chi connectivity index (χ0) is 16.1. The third-order valence-corrected chi connectivity index (χ3v) is 4.62. The van der Waals surface area contributed by atoms with Crippen molar-refractivity contribution in [3.63, 3.8) is 0 Å². The molecule has 0 radical (unpaired) electrons. The van der Waals surface area contributed by atoms with Crippen molar-refractivity contribution in [3.8, 4) is 0 Å². The Labute approximate surface area is 119 Å². The van der Waals surface area contributed by atoms with Crippen LogP contribution in [-0.2, 0) is 14.4 Å². The van der Waals surface area contributed by atoms with Crippen molar-refractivity contribution in [2.45, 2.75) is 57.2 Å². The van der Waals surface area contributed by atoms with E-state index < -0.39 is 34.9 Å². The zero-order valence-corrected chi connectivity index (χ0v) is 11.5. The van der Waals surface area contributed by atoms with Crippen LogP contribution in [0.1, 0.15) is 45.4 Å². The Morgan fingerprint density at radius 3 is 2.14 bits per heavy atom. The van der Waals surface area contributed by atoms with Gasteiger partial charge in [0.1, 0.15) is 0 Å². The molecule has 1 heterocycles. The van der Waals surface area contributed by atoms with Crippen molar-refractivity contribution in [2.24, 2.45) is 5.41 Å². The number of nitrogens with zero attached hydrogens (tertiary/aromatic N) is 1. The molecular weight excluding hydrogens is 291 g/mol. The fraction of sp³-hybridized carbons (Fsp3) is 0.769. The Bertz CT molecular complexity index is 496. The molecule has 0 bridgehead atoms. The van der Waals surface area contributed by atoms with Crippen LogP contribution >= 0.6 is 0 Å². The summed E-state index contributed by atoms with van der Waals surface area (Å²) in [5, 5.41) is 8.98. The monoisotopic (exact) mass is 307 g/mol. The molecule has 0 aromatic rings. The molecule has 5 nitrogen and oxygen atoms in total. The van der Waals surface area contributed by atoms with Gasteiger partial charge in [0.25, 0.3) is 0 Å². The number of hydrogen-bond donors (Lipinski definition) is 1. The number of hydrogen-bond acceptors (Lipinski definition) is 3. The minimum absolute atomic E-state index is 0.0688. The Balaban J connectivity index is 2.46. The quantitative estimate of drug-likeness (QED) is 0.793. The van der Waals surface area contributed by atoms with E-state index in [0.717, 1.165) is 6.42 Å². The number of imide groups is 1. The van der Waals surface area contributed by atoms with Crippen molar-refractivity contribution < 1.29 is 32.7 Å². The summed E-state index contributed by atoms with van der Waals surface area (Å²) < 4.78 is 39.5. The molecule has 118 valence electrons. The summed E-state index contributed by atoms with van der Waals surface area (Å²) >= 11 is 0. The third-order valence-electron chi connectivity index (χ3n) is 4.62. The summed E-state index contributed by atoms with van der Waals surface area (Å²) in [4.78, 5) is 35.5. The van der Waals surface area contributed by atoms with Gasteiger partial charge in [-0.2, -0.15) is 13.2 Å². The molecule has 1 aliphatic heterocycles. The topological polar surface area (TPSA) is 74.7 Å². The number of carboxylic acids is 1. The van der Waals surface area contributed by atoms with Crippen LogP contribution in [0, 0.1) is 5.41 Å². The number of alkyl halides is 3. The maximum Gasteiger partial charge on any atom is 0.422 e. The molecule has 2 amide bonds. The minimum Gasteiger partial charge on any atom is -0.479 e. The predicted molar refractivity (Wildman–Crippen MR) is 64.1 cm³/mol. The van der Waals surface area contributed by atoms with E-state index in [1.165, 1.54) is 0 Å². The van der Waals surface area contributed by atoms with Crippen molar-refractivity contribution in [1.82, 2.24) is 4.90 Å². The molecule has 0 aromatic heterocycles. The van der Waals surface area contributed by atoms with Crippen molar-refractivity contribution in [3.05, 3.63) is 0 Å². The number of rotatable bonds is 2. The normalized spacial score (nSPS) is 25.2. The average Bonchev–Trinajstić information content (AvgIpc) is 2.59. The Morgan fingerprint density at radius 2 is 1.71 bits per heavy atom. The summed E-state index contributed by atoms with van der Waals surface area (Å²) in [6.45, 7) is 0.368. The highest BCUT2D eigenvalue weighted by Gasteiger charge is 2.69. The van der Waals surface area contributed by atoms with Crippen molar-refractivity contribution >= 4 is 17.8 Å². The third kappa shape index (κ3) is 2.11. The van der Waals surface area contributed by atoms with Gasteiger partial charge in [0, 0.05) is 6.42 Å². The van der Waals surface area contributed by atoms with E-state index in [1.54, 1.807) is 0 Å². The summed E-state index contributed by atoms with van der Waals surface area (Å²) in [5.74, 6) is -4.29. The second kappa shape index (κ2) is 4.71. The van der Waals surface area contributed by atoms with Crippen LogP contribution in [0.15, 0.2) is 0 Å². The molecule has 21 heavy (non-hydrogen) atoms. The van der Waals surface area contributed by atoms with E-state index in [1.807, 2.05) is 0 Å². The maximum absolute atomic E-state index is 13.2. The summed E-state index contributed by atoms with van der Waals surface area (Å²) in [5.41, 5.74) is -4.65. The smallest absolute Gasteiger partial charge is 0.422 e. The van der Waals surface area contributed by atoms with E-state index in [4.69, 9.17) is 5.11 Å². The first-order valence-electron chi connectivity index (χ1n) is 6.74. The lowest BCUT2D eigenvalue weighted by molar-refractivity contribution is -0.231. The van der Waals surface area contributed by atoms with E-state index in [-0.39, 0.29) is 11.3 Å². The van der Waals surface area contributed by atoms with Gasteiger partial charge in [0.05, 0.1) is 5.41 Å². The average molecular weight is 307 g/mol. The number of aliphatic carboxylic acids is 1. The number of carbonyl (C=O) groups is 3. The van der Waals surface area contributed by atoms with Gasteiger partial charge >= 0.3 is 12.1 Å². The van der Waals surface area contributed by atoms with E-state index in [2.05, 4.69) is 0 Å². The van der Waals surface area contributed by atoms with E-state index in [9.17, 15) is 27.6 Å². The number of halogens is 3. The van der Waals surface area contributed by atoms with Crippen molar-refractivity contribution in [1.29, 1.82) is 0 Å². The molecule has 0 aromatic carbocycles. The minimum atomic E-state index is -5.23. The highest BCUT2D eigenvalue weighted by molar-refractivity contribution is 6.09. The van der Waals surface area contributed by atoms with Gasteiger partial charge in [-0.05, 0) is 19.8 Å². The number of likely N-dealkylation sites (tertiary alicyclic amines) is 1. The fourth-order valence-corrected chi connectivity index (χ4v) is 3.21. The van der Waals surface area contributed by atoms with Gasteiger partial charge in [0.2, 0.25) is 17.4 Å². The van der Waals surface area contributed by atoms with Crippen LogP contribution < -0.4 is 0 Å². The Hall–Kier alpha value is -1.60. The first kappa shape index (κ1) is 15.8. The lowest BCUT2D eigenvalue weighted by atomic mass is 9.73. The van der Waals surface area contributed by atoms with Gasteiger partial charge in [0.15, 0.2) is 0 Å². The molecular formula is C13H16F3NO4. The molecule has 1 saturated heterocycles. The molecule has 1 saturated carbocycles. The van der Waals surface area contributed by atoms with Gasteiger partial charge in [-0.25, -0.2) is 4.79 Å². The van der Waals surface area contributed by atoms with E-state index >= 15 is 0 Å². The van der Waals surface area contributed by atoms with Crippen LogP contribution in [0.2, 0.25) is 0 Å². The molecule has 8 heteroatoms. The van der Waals surface area contributed by atoms with Crippen LogP contribution in [-0.4, -0.2) is 39.5 Å². The Morgan fingerprint density at radius 1 is 1.19 bits per heavy atom. The van der Waals surface area contributed by atoms with Gasteiger partial charge in [-0.3, -0.25) is 14.5 Å². The molecule has 1 N–H and O–H groups in total. The summed E-state index contributed by atoms with van der Waals surface area (Å²) in [6.07, 6.45) is -2.72.